The van der Waals surface area contributed by atoms with Crippen LogP contribution in [0.3, 0.4) is 0 Å². The maximum absolute atomic E-state index is 12.8. The largest absolute Gasteiger partial charge is 0.490 e. The van der Waals surface area contributed by atoms with E-state index in [0.29, 0.717) is 22.7 Å². The number of hydrogen-bond donors (Lipinski definition) is 2. The molecule has 0 unspecified atom stereocenters. The maximum Gasteiger partial charge on any atom is 0.490 e. The molecule has 7 rings (SSSR count). The number of hydrogen-bond acceptors (Lipinski definition) is 8. The summed E-state index contributed by atoms with van der Waals surface area (Å²) in [7, 11) is 0. The van der Waals surface area contributed by atoms with Gasteiger partial charge in [0.05, 0.1) is 44.9 Å². The van der Waals surface area contributed by atoms with Crippen molar-refractivity contribution in [2.45, 2.75) is 32.1 Å². The maximum atomic E-state index is 12.8. The number of pyridine rings is 1. The first kappa shape index (κ1) is 31.7. The van der Waals surface area contributed by atoms with Gasteiger partial charge in [-0.15, -0.1) is 11.3 Å². The molecule has 1 saturated heterocycles. The second-order valence-electron chi connectivity index (χ2n) is 11.0. The van der Waals surface area contributed by atoms with Gasteiger partial charge in [-0.2, -0.15) is 29.8 Å². The Morgan fingerprint density at radius 1 is 1.09 bits per heavy atom. The van der Waals surface area contributed by atoms with Crippen LogP contribution in [-0.4, -0.2) is 56.6 Å². The minimum absolute atomic E-state index is 0.206. The van der Waals surface area contributed by atoms with E-state index < -0.39 is 17.6 Å². The number of nitrogens with one attached hydrogen (secondary N) is 1. The van der Waals surface area contributed by atoms with Gasteiger partial charge in [0.2, 0.25) is 0 Å². The zero-order valence-electron chi connectivity index (χ0n) is 23.7. The number of benzene rings is 1. The number of halogens is 4. The number of carboxylic acids is 1. The van der Waals surface area contributed by atoms with E-state index in [1.807, 2.05) is 30.5 Å². The standard InChI is InChI=1S/C29H22ClN5O2S2.C2HF3O2/c30-18-9-17-2-8-34(16-29(15-31)3-6-32-7-4-29)25(17)21(10-18)20-1-5-33-24-11-19(39-26(20)24)12-35-27(36)22-13-38-14-23(22)28(35)37;3-2(4,5)1(6)7/h1-2,5,8-11,13-14,32H,3-4,6-7,12,16H2;(H,6,7). The van der Waals surface area contributed by atoms with Gasteiger partial charge >= 0.3 is 12.1 Å². The van der Waals surface area contributed by atoms with Crippen LogP contribution < -0.4 is 5.32 Å². The number of rotatable bonds is 5. The molecule has 6 heterocycles. The smallest absolute Gasteiger partial charge is 0.475 e. The summed E-state index contributed by atoms with van der Waals surface area (Å²) in [5, 5.41) is 25.7. The molecule has 1 fully saturated rings. The number of fused-ring (bicyclic) bond motifs is 3. The molecule has 0 aliphatic carbocycles. The molecule has 2 aliphatic heterocycles. The molecule has 2 amide bonds. The lowest BCUT2D eigenvalue weighted by atomic mass is 9.80. The zero-order valence-corrected chi connectivity index (χ0v) is 26.1. The Labute approximate surface area is 272 Å². The first-order valence-electron chi connectivity index (χ1n) is 13.9. The van der Waals surface area contributed by atoms with Crippen molar-refractivity contribution in [3.63, 3.8) is 0 Å². The van der Waals surface area contributed by atoms with Crippen molar-refractivity contribution in [2.75, 3.05) is 13.1 Å². The lowest BCUT2D eigenvalue weighted by Crippen LogP contribution is -2.38. The van der Waals surface area contributed by atoms with E-state index in [-0.39, 0.29) is 18.4 Å². The lowest BCUT2D eigenvalue weighted by molar-refractivity contribution is -0.192. The molecule has 2 N–H and O–H groups in total. The Balaban J connectivity index is 0.000000480. The summed E-state index contributed by atoms with van der Waals surface area (Å²) in [6.45, 7) is 2.49. The monoisotopic (exact) mass is 685 g/mol. The van der Waals surface area contributed by atoms with Crippen molar-refractivity contribution in [2.24, 2.45) is 5.41 Å². The van der Waals surface area contributed by atoms with Crippen molar-refractivity contribution in [1.29, 1.82) is 5.26 Å². The number of carboxylic acid groups (broad SMARTS) is 1. The molecule has 9 nitrogen and oxygen atoms in total. The van der Waals surface area contributed by atoms with Crippen LogP contribution in [0.15, 0.2) is 53.5 Å². The van der Waals surface area contributed by atoms with E-state index in [0.717, 1.165) is 63.1 Å². The molecule has 15 heteroatoms. The fraction of sp³-hybridized carbons (Fsp3) is 0.258. The van der Waals surface area contributed by atoms with Crippen LogP contribution in [0.25, 0.3) is 32.2 Å². The Bertz CT molecular complexity index is 2030. The first-order valence-corrected chi connectivity index (χ1v) is 16.1. The topological polar surface area (TPSA) is 128 Å². The van der Waals surface area contributed by atoms with Gasteiger partial charge in [-0.25, -0.2) is 4.79 Å². The van der Waals surface area contributed by atoms with E-state index in [1.165, 1.54) is 27.6 Å². The summed E-state index contributed by atoms with van der Waals surface area (Å²) >= 11 is 9.50. The summed E-state index contributed by atoms with van der Waals surface area (Å²) < 4.78 is 34.9. The van der Waals surface area contributed by atoms with Gasteiger partial charge in [-0.3, -0.25) is 19.5 Å². The van der Waals surface area contributed by atoms with Gasteiger partial charge in [0.15, 0.2) is 0 Å². The number of nitrogens with zero attached hydrogens (tertiary/aromatic N) is 4. The molecule has 5 aromatic rings. The van der Waals surface area contributed by atoms with Crippen LogP contribution in [0, 0.1) is 16.7 Å². The molecular weight excluding hydrogens is 663 g/mol. The Kier molecular flexibility index (Phi) is 8.36. The molecule has 0 bridgehead atoms. The van der Waals surface area contributed by atoms with Crippen LogP contribution in [0.5, 0.6) is 0 Å². The average molecular weight is 686 g/mol. The van der Waals surface area contributed by atoms with Crippen molar-refractivity contribution in [3.05, 3.63) is 74.5 Å². The average Bonchev–Trinajstić information content (AvgIpc) is 3.80. The van der Waals surface area contributed by atoms with Crippen LogP contribution in [0.1, 0.15) is 38.4 Å². The molecule has 0 atom stereocenters. The quantitative estimate of drug-likeness (QED) is 0.192. The molecule has 2 aliphatic rings. The third kappa shape index (κ3) is 5.87. The third-order valence-electron chi connectivity index (χ3n) is 8.02. The fourth-order valence-electron chi connectivity index (χ4n) is 5.77. The van der Waals surface area contributed by atoms with E-state index >= 15 is 0 Å². The minimum Gasteiger partial charge on any atom is -0.475 e. The molecule has 1 aromatic carbocycles. The van der Waals surface area contributed by atoms with Crippen molar-refractivity contribution < 1.29 is 32.7 Å². The Morgan fingerprint density at radius 3 is 2.39 bits per heavy atom. The van der Waals surface area contributed by atoms with Gasteiger partial charge in [-0.1, -0.05) is 11.6 Å². The number of carbonyl (C=O) groups is 3. The number of aliphatic carboxylic acids is 1. The highest BCUT2D eigenvalue weighted by molar-refractivity contribution is 7.19. The van der Waals surface area contributed by atoms with Crippen LogP contribution in [-0.2, 0) is 17.9 Å². The number of nitriles is 1. The number of imide groups is 1. The summed E-state index contributed by atoms with van der Waals surface area (Å²) in [5.41, 5.74) is 4.34. The van der Waals surface area contributed by atoms with E-state index in [9.17, 15) is 28.0 Å². The van der Waals surface area contributed by atoms with Gasteiger partial charge < -0.3 is 15.0 Å². The summed E-state index contributed by atoms with van der Waals surface area (Å²) in [6, 6.07) is 12.5. The van der Waals surface area contributed by atoms with Gasteiger partial charge in [0, 0.05) is 56.1 Å². The number of amides is 2. The second kappa shape index (κ2) is 12.1. The lowest BCUT2D eigenvalue weighted by Gasteiger charge is -2.32. The highest BCUT2D eigenvalue weighted by Crippen LogP contribution is 2.41. The van der Waals surface area contributed by atoms with Crippen LogP contribution in [0.2, 0.25) is 5.02 Å². The normalized spacial score (nSPS) is 15.9. The van der Waals surface area contributed by atoms with Crippen molar-refractivity contribution in [3.8, 4) is 17.2 Å². The number of piperidine rings is 1. The minimum atomic E-state index is -5.08. The number of thiophene rings is 2. The second-order valence-corrected chi connectivity index (χ2v) is 13.3. The van der Waals surface area contributed by atoms with Gasteiger partial charge in [0.1, 0.15) is 0 Å². The molecule has 0 radical (unpaired) electrons. The van der Waals surface area contributed by atoms with Gasteiger partial charge in [0.25, 0.3) is 11.8 Å². The SMILES string of the molecule is N#CC1(Cn2ccc3cc(Cl)cc(-c4ccnc5cc(CN6C(=O)c7cscc7C6=O)sc45)c32)CCNCC1.O=C(O)C(F)(F)F. The molecule has 0 saturated carbocycles. The predicted octanol–water partition coefficient (Wildman–Crippen LogP) is 6.96. The van der Waals surface area contributed by atoms with E-state index in [4.69, 9.17) is 21.5 Å². The molecule has 46 heavy (non-hydrogen) atoms. The summed E-state index contributed by atoms with van der Waals surface area (Å²) in [5.74, 6) is -3.26. The summed E-state index contributed by atoms with van der Waals surface area (Å²) in [6.07, 6.45) is 0.356. The van der Waals surface area contributed by atoms with E-state index in [1.54, 1.807) is 17.0 Å². The van der Waals surface area contributed by atoms with Crippen molar-refractivity contribution in [1.82, 2.24) is 19.8 Å². The van der Waals surface area contributed by atoms with Crippen LogP contribution in [0.4, 0.5) is 13.2 Å². The van der Waals surface area contributed by atoms with Gasteiger partial charge in [-0.05, 0) is 56.3 Å². The van der Waals surface area contributed by atoms with E-state index in [2.05, 4.69) is 27.0 Å². The number of carbonyl (C=O) groups excluding carboxylic acids is 2. The molecular formula is C31H23ClF3N5O4S2. The predicted molar refractivity (Wildman–Crippen MR) is 168 cm³/mol. The highest BCUT2D eigenvalue weighted by atomic mass is 35.5. The summed E-state index contributed by atoms with van der Waals surface area (Å²) in [4.78, 5) is 41.4. The fourth-order valence-corrected chi connectivity index (χ4v) is 7.93. The Hall–Kier alpha value is -4.29. The molecule has 236 valence electrons. The first-order chi connectivity index (χ1) is 21.9. The third-order valence-corrected chi connectivity index (χ3v) is 10.1. The Morgan fingerprint density at radius 2 is 1.76 bits per heavy atom. The molecule has 0 spiro atoms. The van der Waals surface area contributed by atoms with Crippen molar-refractivity contribution >= 4 is 73.2 Å². The number of aromatic nitrogens is 2. The molecule has 4 aromatic heterocycles. The van der Waals surface area contributed by atoms with Crippen LogP contribution >= 0.6 is 34.3 Å². The number of alkyl halides is 3. The highest BCUT2D eigenvalue weighted by Gasteiger charge is 2.38. The zero-order chi connectivity index (χ0) is 32.8.